The van der Waals surface area contributed by atoms with Crippen LogP contribution in [0, 0.1) is 28.7 Å². The summed E-state index contributed by atoms with van der Waals surface area (Å²) in [5, 5.41) is 12.7. The van der Waals surface area contributed by atoms with Crippen LogP contribution in [0.2, 0.25) is 0 Å². The van der Waals surface area contributed by atoms with Crippen molar-refractivity contribution in [2.45, 2.75) is 6.92 Å². The zero-order chi connectivity index (χ0) is 15.6. The van der Waals surface area contributed by atoms with Gasteiger partial charge in [-0.25, -0.2) is 8.78 Å². The van der Waals surface area contributed by atoms with Crippen molar-refractivity contribution in [1.82, 2.24) is 0 Å². The second kappa shape index (κ2) is 5.66. The molecule has 0 bridgehead atoms. The van der Waals surface area contributed by atoms with Crippen LogP contribution in [0.4, 0.5) is 20.2 Å². The summed E-state index contributed by atoms with van der Waals surface area (Å²) in [5.41, 5.74) is -0.640. The van der Waals surface area contributed by atoms with Gasteiger partial charge in [0.2, 0.25) is 0 Å². The summed E-state index contributed by atoms with van der Waals surface area (Å²) >= 11 is 0. The fourth-order valence-electron chi connectivity index (χ4n) is 1.73. The van der Waals surface area contributed by atoms with Crippen molar-refractivity contribution in [2.24, 2.45) is 0 Å². The van der Waals surface area contributed by atoms with Gasteiger partial charge in [0, 0.05) is 6.07 Å². The van der Waals surface area contributed by atoms with Crippen molar-refractivity contribution >= 4 is 17.3 Å². The first-order valence-corrected chi connectivity index (χ1v) is 5.90. The van der Waals surface area contributed by atoms with Gasteiger partial charge in [-0.2, -0.15) is 0 Å². The average molecular weight is 292 g/mol. The zero-order valence-corrected chi connectivity index (χ0v) is 10.9. The number of benzene rings is 2. The number of non-ortho nitro benzene ring substituents is 1. The van der Waals surface area contributed by atoms with E-state index in [1.807, 2.05) is 0 Å². The number of aryl methyl sites for hydroxylation is 1. The van der Waals surface area contributed by atoms with Gasteiger partial charge in [0.1, 0.15) is 5.82 Å². The van der Waals surface area contributed by atoms with E-state index in [0.717, 1.165) is 12.1 Å². The minimum atomic E-state index is -0.967. The largest absolute Gasteiger partial charge is 0.319 e. The first-order chi connectivity index (χ1) is 9.90. The number of nitro benzene ring substituents is 1. The van der Waals surface area contributed by atoms with Crippen LogP contribution in [-0.4, -0.2) is 10.8 Å². The normalized spacial score (nSPS) is 10.2. The Balaban J connectivity index is 2.28. The maximum Gasteiger partial charge on any atom is 0.272 e. The third-order valence-corrected chi connectivity index (χ3v) is 2.85. The standard InChI is InChI=1S/C14H10F2N2O3/c1-8-3-2-4-10(13(8)16)14(19)17-12-6-5-9(18(20)21)7-11(12)15/h2-7H,1H3,(H,17,19). The maximum absolute atomic E-state index is 13.8. The highest BCUT2D eigenvalue weighted by atomic mass is 19.1. The van der Waals surface area contributed by atoms with Crippen LogP contribution in [0.25, 0.3) is 0 Å². The lowest BCUT2D eigenvalue weighted by molar-refractivity contribution is -0.385. The van der Waals surface area contributed by atoms with Crippen LogP contribution in [0.5, 0.6) is 0 Å². The van der Waals surface area contributed by atoms with Crippen LogP contribution < -0.4 is 5.32 Å². The molecule has 0 aromatic heterocycles. The summed E-state index contributed by atoms with van der Waals surface area (Å²) in [5.74, 6) is -2.49. The number of carbonyl (C=O) groups is 1. The number of hydrogen-bond donors (Lipinski definition) is 1. The molecule has 0 saturated heterocycles. The van der Waals surface area contributed by atoms with Crippen LogP contribution in [-0.2, 0) is 0 Å². The van der Waals surface area contributed by atoms with E-state index in [2.05, 4.69) is 5.32 Å². The van der Waals surface area contributed by atoms with Crippen molar-refractivity contribution in [3.8, 4) is 0 Å². The van der Waals surface area contributed by atoms with Crippen LogP contribution in [0.15, 0.2) is 36.4 Å². The van der Waals surface area contributed by atoms with Crippen molar-refractivity contribution in [1.29, 1.82) is 0 Å². The molecule has 0 radical (unpaired) electrons. The third-order valence-electron chi connectivity index (χ3n) is 2.85. The number of carbonyl (C=O) groups excluding carboxylic acids is 1. The van der Waals surface area contributed by atoms with Crippen molar-refractivity contribution in [3.05, 3.63) is 69.3 Å². The maximum atomic E-state index is 13.8. The van der Waals surface area contributed by atoms with Crippen molar-refractivity contribution < 1.29 is 18.5 Å². The lowest BCUT2D eigenvalue weighted by atomic mass is 10.1. The quantitative estimate of drug-likeness (QED) is 0.695. The first kappa shape index (κ1) is 14.6. The van der Waals surface area contributed by atoms with Gasteiger partial charge in [-0.05, 0) is 24.6 Å². The van der Waals surface area contributed by atoms with E-state index in [9.17, 15) is 23.7 Å². The highest BCUT2D eigenvalue weighted by Gasteiger charge is 2.16. The lowest BCUT2D eigenvalue weighted by Crippen LogP contribution is -2.15. The Labute approximate surface area is 118 Å². The van der Waals surface area contributed by atoms with Gasteiger partial charge in [0.15, 0.2) is 5.82 Å². The highest BCUT2D eigenvalue weighted by Crippen LogP contribution is 2.21. The smallest absolute Gasteiger partial charge is 0.272 e. The molecule has 0 aliphatic carbocycles. The number of nitrogens with zero attached hydrogens (tertiary/aromatic N) is 1. The first-order valence-electron chi connectivity index (χ1n) is 5.90. The Hall–Kier alpha value is -2.83. The number of rotatable bonds is 3. The van der Waals surface area contributed by atoms with Gasteiger partial charge in [-0.1, -0.05) is 12.1 Å². The average Bonchev–Trinajstić information content (AvgIpc) is 2.43. The molecule has 0 atom stereocenters. The molecule has 0 aliphatic rings. The summed E-state index contributed by atoms with van der Waals surface area (Å²) in [6, 6.07) is 7.05. The number of amides is 1. The second-order valence-corrected chi connectivity index (χ2v) is 4.31. The number of hydrogen-bond acceptors (Lipinski definition) is 3. The van der Waals surface area contributed by atoms with E-state index in [1.165, 1.54) is 25.1 Å². The Morgan fingerprint density at radius 3 is 2.57 bits per heavy atom. The molecule has 0 fully saturated rings. The molecule has 2 rings (SSSR count). The topological polar surface area (TPSA) is 72.2 Å². The van der Waals surface area contributed by atoms with Gasteiger partial charge in [0.05, 0.1) is 22.2 Å². The molecule has 1 N–H and O–H groups in total. The van der Waals surface area contributed by atoms with Crippen LogP contribution in [0.1, 0.15) is 15.9 Å². The Bertz CT molecular complexity index is 732. The lowest BCUT2D eigenvalue weighted by Gasteiger charge is -2.08. The third kappa shape index (κ3) is 3.02. The van der Waals surface area contributed by atoms with Crippen molar-refractivity contribution in [3.63, 3.8) is 0 Å². The predicted molar refractivity (Wildman–Crippen MR) is 72.1 cm³/mol. The van der Waals surface area contributed by atoms with Crippen molar-refractivity contribution in [2.75, 3.05) is 5.32 Å². The summed E-state index contributed by atoms with van der Waals surface area (Å²) in [4.78, 5) is 21.6. The molecular weight excluding hydrogens is 282 g/mol. The molecule has 0 spiro atoms. The minimum absolute atomic E-state index is 0.229. The molecule has 2 aromatic rings. The van der Waals surface area contributed by atoms with Gasteiger partial charge < -0.3 is 5.32 Å². The van der Waals surface area contributed by atoms with Gasteiger partial charge >= 0.3 is 0 Å². The fourth-order valence-corrected chi connectivity index (χ4v) is 1.73. The molecule has 0 unspecified atom stereocenters. The summed E-state index contributed by atoms with van der Waals surface area (Å²) in [7, 11) is 0. The highest BCUT2D eigenvalue weighted by molar-refractivity contribution is 6.04. The number of nitro groups is 1. The molecule has 108 valence electrons. The van der Waals surface area contributed by atoms with Gasteiger partial charge in [-0.3, -0.25) is 14.9 Å². The van der Waals surface area contributed by atoms with E-state index < -0.39 is 28.2 Å². The van der Waals surface area contributed by atoms with E-state index >= 15 is 0 Å². The zero-order valence-electron chi connectivity index (χ0n) is 10.9. The Morgan fingerprint density at radius 2 is 1.95 bits per heavy atom. The molecule has 2 aromatic carbocycles. The summed E-state index contributed by atoms with van der Waals surface area (Å²) < 4.78 is 27.4. The molecule has 0 heterocycles. The number of anilines is 1. The van der Waals surface area contributed by atoms with Gasteiger partial charge in [0.25, 0.3) is 11.6 Å². The van der Waals surface area contributed by atoms with E-state index in [4.69, 9.17) is 0 Å². The Morgan fingerprint density at radius 1 is 1.24 bits per heavy atom. The molecule has 0 aliphatic heterocycles. The Kier molecular flexibility index (Phi) is 3.93. The minimum Gasteiger partial charge on any atom is -0.319 e. The van der Waals surface area contributed by atoms with Crippen LogP contribution >= 0.6 is 0 Å². The van der Waals surface area contributed by atoms with Crippen LogP contribution in [0.3, 0.4) is 0 Å². The summed E-state index contributed by atoms with van der Waals surface area (Å²) in [6.45, 7) is 1.50. The molecule has 0 saturated carbocycles. The molecule has 5 nitrogen and oxygen atoms in total. The van der Waals surface area contributed by atoms with E-state index in [0.29, 0.717) is 6.07 Å². The van der Waals surface area contributed by atoms with E-state index in [1.54, 1.807) is 0 Å². The number of halogens is 2. The molecule has 21 heavy (non-hydrogen) atoms. The van der Waals surface area contributed by atoms with Gasteiger partial charge in [-0.15, -0.1) is 0 Å². The molecular formula is C14H10F2N2O3. The predicted octanol–water partition coefficient (Wildman–Crippen LogP) is 3.43. The molecule has 7 heteroatoms. The summed E-state index contributed by atoms with van der Waals surface area (Å²) in [6.07, 6.45) is 0. The number of nitrogens with one attached hydrogen (secondary N) is 1. The van der Waals surface area contributed by atoms with E-state index in [-0.39, 0.29) is 16.8 Å². The molecule has 1 amide bonds. The SMILES string of the molecule is Cc1cccc(C(=O)Nc2ccc([N+](=O)[O-])cc2F)c1F. The second-order valence-electron chi connectivity index (χ2n) is 4.31. The fraction of sp³-hybridized carbons (Fsp3) is 0.0714. The monoisotopic (exact) mass is 292 g/mol.